The van der Waals surface area contributed by atoms with Crippen LogP contribution in [0.15, 0.2) is 30.3 Å². The second kappa shape index (κ2) is 7.92. The standard InChI is InChI=1S/C18H22FN5O/c1-13-22-16(12-17(23-13)24-10-4-5-11-24)20-8-9-21-18(25)14-6-2-3-7-15(14)19/h2-3,6-7,12H,4-5,8-11H2,1H3,(H,21,25)(H,20,22,23). The maximum absolute atomic E-state index is 13.6. The molecule has 0 atom stereocenters. The van der Waals surface area contributed by atoms with Crippen molar-refractivity contribution in [2.24, 2.45) is 0 Å². The predicted octanol–water partition coefficient (Wildman–Crippen LogP) is 2.37. The molecule has 7 heteroatoms. The van der Waals surface area contributed by atoms with E-state index in [1.165, 1.54) is 25.0 Å². The second-order valence-corrected chi connectivity index (χ2v) is 6.02. The number of hydrogen-bond acceptors (Lipinski definition) is 5. The highest BCUT2D eigenvalue weighted by Gasteiger charge is 2.15. The minimum atomic E-state index is -0.519. The lowest BCUT2D eigenvalue weighted by Gasteiger charge is -2.17. The summed E-state index contributed by atoms with van der Waals surface area (Å²) in [6.45, 7) is 4.78. The van der Waals surface area contributed by atoms with Gasteiger partial charge in [0.25, 0.3) is 5.91 Å². The first-order chi connectivity index (χ1) is 12.1. The first-order valence-corrected chi connectivity index (χ1v) is 8.51. The maximum Gasteiger partial charge on any atom is 0.254 e. The second-order valence-electron chi connectivity index (χ2n) is 6.02. The Morgan fingerprint density at radius 1 is 1.20 bits per heavy atom. The zero-order valence-electron chi connectivity index (χ0n) is 14.3. The fourth-order valence-electron chi connectivity index (χ4n) is 2.86. The van der Waals surface area contributed by atoms with Gasteiger partial charge >= 0.3 is 0 Å². The molecule has 3 rings (SSSR count). The molecule has 0 spiro atoms. The zero-order valence-corrected chi connectivity index (χ0v) is 14.3. The smallest absolute Gasteiger partial charge is 0.254 e. The molecule has 1 aliphatic heterocycles. The molecule has 25 heavy (non-hydrogen) atoms. The predicted molar refractivity (Wildman–Crippen MR) is 95.4 cm³/mol. The molecule has 0 aliphatic carbocycles. The summed E-state index contributed by atoms with van der Waals surface area (Å²) in [6.07, 6.45) is 2.38. The van der Waals surface area contributed by atoms with Crippen molar-refractivity contribution in [3.63, 3.8) is 0 Å². The van der Waals surface area contributed by atoms with Crippen molar-refractivity contribution in [3.05, 3.63) is 47.5 Å². The minimum Gasteiger partial charge on any atom is -0.368 e. The summed E-state index contributed by atoms with van der Waals surface area (Å²) in [5.74, 6) is 1.44. The molecule has 0 radical (unpaired) electrons. The van der Waals surface area contributed by atoms with Crippen molar-refractivity contribution in [3.8, 4) is 0 Å². The average molecular weight is 343 g/mol. The third-order valence-corrected chi connectivity index (χ3v) is 4.09. The Bertz CT molecular complexity index is 746. The number of amides is 1. The molecular weight excluding hydrogens is 321 g/mol. The largest absolute Gasteiger partial charge is 0.368 e. The van der Waals surface area contributed by atoms with Gasteiger partial charge in [0.05, 0.1) is 5.56 Å². The van der Waals surface area contributed by atoms with Gasteiger partial charge in [0.1, 0.15) is 23.3 Å². The van der Waals surface area contributed by atoms with E-state index >= 15 is 0 Å². The number of hydrogen-bond donors (Lipinski definition) is 2. The molecule has 2 heterocycles. The van der Waals surface area contributed by atoms with Crippen molar-refractivity contribution < 1.29 is 9.18 Å². The van der Waals surface area contributed by atoms with E-state index in [1.54, 1.807) is 12.1 Å². The van der Waals surface area contributed by atoms with Crippen LogP contribution in [0.2, 0.25) is 0 Å². The van der Waals surface area contributed by atoms with Crippen LogP contribution in [-0.4, -0.2) is 42.1 Å². The highest BCUT2D eigenvalue weighted by Crippen LogP contribution is 2.20. The molecule has 0 bridgehead atoms. The van der Waals surface area contributed by atoms with Crippen LogP contribution in [-0.2, 0) is 0 Å². The minimum absolute atomic E-state index is 0.0525. The molecule has 6 nitrogen and oxygen atoms in total. The van der Waals surface area contributed by atoms with E-state index in [0.29, 0.717) is 18.9 Å². The molecular formula is C18H22FN5O. The zero-order chi connectivity index (χ0) is 17.6. The van der Waals surface area contributed by atoms with Gasteiger partial charge in [0.2, 0.25) is 0 Å². The lowest BCUT2D eigenvalue weighted by Crippen LogP contribution is -2.29. The van der Waals surface area contributed by atoms with Crippen molar-refractivity contribution in [1.29, 1.82) is 0 Å². The normalized spacial score (nSPS) is 13.8. The summed E-state index contributed by atoms with van der Waals surface area (Å²) >= 11 is 0. The number of nitrogens with zero attached hydrogens (tertiary/aromatic N) is 3. The number of anilines is 2. The third-order valence-electron chi connectivity index (χ3n) is 4.09. The Labute approximate surface area is 146 Å². The van der Waals surface area contributed by atoms with Crippen molar-refractivity contribution in [1.82, 2.24) is 15.3 Å². The Morgan fingerprint density at radius 2 is 1.96 bits per heavy atom. The van der Waals surface area contributed by atoms with Crippen LogP contribution in [0.1, 0.15) is 29.0 Å². The van der Waals surface area contributed by atoms with Crippen molar-refractivity contribution >= 4 is 17.5 Å². The van der Waals surface area contributed by atoms with Gasteiger partial charge in [-0.2, -0.15) is 0 Å². The van der Waals surface area contributed by atoms with Gasteiger partial charge < -0.3 is 15.5 Å². The molecule has 1 amide bonds. The van der Waals surface area contributed by atoms with E-state index < -0.39 is 11.7 Å². The molecule has 1 saturated heterocycles. The number of rotatable bonds is 6. The third kappa shape index (κ3) is 4.43. The fourth-order valence-corrected chi connectivity index (χ4v) is 2.86. The number of carbonyl (C=O) groups is 1. The van der Waals surface area contributed by atoms with Crippen LogP contribution in [0.25, 0.3) is 0 Å². The van der Waals surface area contributed by atoms with Gasteiger partial charge in [-0.1, -0.05) is 12.1 Å². The monoisotopic (exact) mass is 343 g/mol. The molecule has 1 fully saturated rings. The Morgan fingerprint density at radius 3 is 2.72 bits per heavy atom. The quantitative estimate of drug-likeness (QED) is 0.788. The summed E-state index contributed by atoms with van der Waals surface area (Å²) in [6, 6.07) is 7.87. The highest BCUT2D eigenvalue weighted by molar-refractivity contribution is 5.94. The Hall–Kier alpha value is -2.70. The molecule has 0 unspecified atom stereocenters. The van der Waals surface area contributed by atoms with E-state index in [1.807, 2.05) is 13.0 Å². The van der Waals surface area contributed by atoms with Gasteiger partial charge in [-0.3, -0.25) is 4.79 Å². The van der Waals surface area contributed by atoms with Gasteiger partial charge in [-0.15, -0.1) is 0 Å². The summed E-state index contributed by atoms with van der Waals surface area (Å²) in [4.78, 5) is 23.1. The molecule has 1 aromatic carbocycles. The SMILES string of the molecule is Cc1nc(NCCNC(=O)c2ccccc2F)cc(N2CCCC2)n1. The van der Waals surface area contributed by atoms with Gasteiger partial charge in [0, 0.05) is 32.2 Å². The fraction of sp³-hybridized carbons (Fsp3) is 0.389. The van der Waals surface area contributed by atoms with Crippen LogP contribution in [0.5, 0.6) is 0 Å². The molecule has 0 saturated carbocycles. The number of aryl methyl sites for hydroxylation is 1. The van der Waals surface area contributed by atoms with Crippen LogP contribution in [0, 0.1) is 12.7 Å². The molecule has 132 valence electrons. The number of halogens is 1. The van der Waals surface area contributed by atoms with Crippen LogP contribution in [0.4, 0.5) is 16.0 Å². The van der Waals surface area contributed by atoms with Gasteiger partial charge in [0.15, 0.2) is 0 Å². The van der Waals surface area contributed by atoms with Crippen LogP contribution < -0.4 is 15.5 Å². The first kappa shape index (κ1) is 17.1. The van der Waals surface area contributed by atoms with E-state index in [2.05, 4.69) is 25.5 Å². The lowest BCUT2D eigenvalue weighted by molar-refractivity contribution is 0.0951. The van der Waals surface area contributed by atoms with Gasteiger partial charge in [-0.05, 0) is 31.9 Å². The summed E-state index contributed by atoms with van der Waals surface area (Å²) in [5.41, 5.74) is 0.0525. The average Bonchev–Trinajstić information content (AvgIpc) is 3.13. The van der Waals surface area contributed by atoms with Crippen molar-refractivity contribution in [2.45, 2.75) is 19.8 Å². The number of carbonyl (C=O) groups excluding carboxylic acids is 1. The summed E-state index contributed by atoms with van der Waals surface area (Å²) in [7, 11) is 0. The van der Waals surface area contributed by atoms with Crippen LogP contribution >= 0.6 is 0 Å². The number of benzene rings is 1. The Kier molecular flexibility index (Phi) is 5.42. The van der Waals surface area contributed by atoms with E-state index in [0.717, 1.165) is 24.7 Å². The molecule has 1 aliphatic rings. The number of aromatic nitrogens is 2. The van der Waals surface area contributed by atoms with E-state index in [-0.39, 0.29) is 5.56 Å². The van der Waals surface area contributed by atoms with E-state index in [9.17, 15) is 9.18 Å². The molecule has 1 aromatic heterocycles. The maximum atomic E-state index is 13.6. The first-order valence-electron chi connectivity index (χ1n) is 8.51. The number of nitrogens with one attached hydrogen (secondary N) is 2. The molecule has 2 aromatic rings. The van der Waals surface area contributed by atoms with Crippen molar-refractivity contribution in [2.75, 3.05) is 36.4 Å². The Balaban J connectivity index is 1.52. The van der Waals surface area contributed by atoms with E-state index in [4.69, 9.17) is 0 Å². The molecule has 2 N–H and O–H groups in total. The summed E-state index contributed by atoms with van der Waals surface area (Å²) in [5, 5.41) is 5.88. The highest BCUT2D eigenvalue weighted by atomic mass is 19.1. The van der Waals surface area contributed by atoms with Gasteiger partial charge in [-0.25, -0.2) is 14.4 Å². The van der Waals surface area contributed by atoms with Crippen LogP contribution in [0.3, 0.4) is 0 Å². The lowest BCUT2D eigenvalue weighted by atomic mass is 10.2. The topological polar surface area (TPSA) is 70.2 Å². The summed E-state index contributed by atoms with van der Waals surface area (Å²) < 4.78 is 13.6.